The molecule has 6 nitrogen and oxygen atoms in total. The molecule has 5 rings (SSSR count). The minimum absolute atomic E-state index is 0.000631. The van der Waals surface area contributed by atoms with E-state index in [4.69, 9.17) is 16.6 Å². The number of carbonyl (C=O) groups excluding carboxylic acids is 2. The fourth-order valence-corrected chi connectivity index (χ4v) is 5.41. The van der Waals surface area contributed by atoms with E-state index in [1.165, 1.54) is 28.6 Å². The number of halogens is 1. The van der Waals surface area contributed by atoms with Crippen LogP contribution in [-0.4, -0.2) is 26.8 Å². The average Bonchev–Trinajstić information content (AvgIpc) is 3.33. The van der Waals surface area contributed by atoms with E-state index in [0.717, 1.165) is 21.3 Å². The van der Waals surface area contributed by atoms with Crippen molar-refractivity contribution in [1.82, 2.24) is 9.97 Å². The first kappa shape index (κ1) is 21.3. The van der Waals surface area contributed by atoms with Crippen molar-refractivity contribution in [3.05, 3.63) is 93.8 Å². The number of benzene rings is 2. The number of carbonyl (C=O) groups is 2. The highest BCUT2D eigenvalue weighted by molar-refractivity contribution is 7.22. The topological polar surface area (TPSA) is 83.4 Å². The Morgan fingerprint density at radius 2 is 1.76 bits per heavy atom. The van der Waals surface area contributed by atoms with Gasteiger partial charge in [-0.15, -0.1) is 0 Å². The molecule has 0 radical (unpaired) electrons. The van der Waals surface area contributed by atoms with E-state index in [0.29, 0.717) is 21.3 Å². The Bertz CT molecular complexity index is 1450. The number of anilines is 1. The van der Waals surface area contributed by atoms with Gasteiger partial charge in [0.2, 0.25) is 0 Å². The average molecular weight is 476 g/mol. The van der Waals surface area contributed by atoms with Gasteiger partial charge in [0, 0.05) is 23.0 Å². The lowest BCUT2D eigenvalue weighted by Gasteiger charge is -2.23. The van der Waals surface area contributed by atoms with Gasteiger partial charge in [0.1, 0.15) is 5.76 Å². The van der Waals surface area contributed by atoms with Gasteiger partial charge >= 0.3 is 5.91 Å². The van der Waals surface area contributed by atoms with E-state index in [1.807, 2.05) is 26.0 Å². The molecule has 1 fully saturated rings. The zero-order valence-electron chi connectivity index (χ0n) is 17.7. The van der Waals surface area contributed by atoms with Crippen LogP contribution in [0.4, 0.5) is 5.13 Å². The van der Waals surface area contributed by atoms with E-state index < -0.39 is 17.7 Å². The number of aryl methyl sites for hydroxylation is 2. The van der Waals surface area contributed by atoms with Crippen molar-refractivity contribution >= 4 is 55.7 Å². The molecule has 1 aliphatic rings. The summed E-state index contributed by atoms with van der Waals surface area (Å²) >= 11 is 7.42. The number of aliphatic hydroxyl groups is 1. The van der Waals surface area contributed by atoms with Crippen LogP contribution < -0.4 is 4.90 Å². The molecule has 3 heterocycles. The number of pyridine rings is 1. The highest BCUT2D eigenvalue weighted by Gasteiger charge is 2.48. The zero-order valence-corrected chi connectivity index (χ0v) is 19.3. The molecule has 1 unspecified atom stereocenters. The summed E-state index contributed by atoms with van der Waals surface area (Å²) in [5, 5.41) is 12.0. The fraction of sp³-hybridized carbons (Fsp3) is 0.120. The van der Waals surface area contributed by atoms with Crippen molar-refractivity contribution in [3.8, 4) is 0 Å². The highest BCUT2D eigenvalue weighted by Crippen LogP contribution is 2.44. The van der Waals surface area contributed by atoms with Crippen LogP contribution in [0.1, 0.15) is 28.3 Å². The van der Waals surface area contributed by atoms with Crippen molar-refractivity contribution in [2.45, 2.75) is 19.9 Å². The van der Waals surface area contributed by atoms with Gasteiger partial charge in [0.25, 0.3) is 5.78 Å². The molecule has 0 saturated carbocycles. The Morgan fingerprint density at radius 1 is 1.06 bits per heavy atom. The molecule has 1 aliphatic heterocycles. The van der Waals surface area contributed by atoms with E-state index in [9.17, 15) is 14.7 Å². The Morgan fingerprint density at radius 3 is 2.45 bits per heavy atom. The van der Waals surface area contributed by atoms with Crippen LogP contribution in [0.25, 0.3) is 16.0 Å². The number of thiazole rings is 1. The lowest BCUT2D eigenvalue weighted by atomic mass is 9.96. The van der Waals surface area contributed by atoms with Crippen molar-refractivity contribution in [2.75, 3.05) is 4.90 Å². The van der Waals surface area contributed by atoms with Crippen molar-refractivity contribution < 1.29 is 14.7 Å². The van der Waals surface area contributed by atoms with Gasteiger partial charge in [-0.3, -0.25) is 19.5 Å². The number of hydrogen-bond donors (Lipinski definition) is 1. The van der Waals surface area contributed by atoms with Gasteiger partial charge < -0.3 is 5.11 Å². The Balaban J connectivity index is 1.75. The Hall–Kier alpha value is -3.55. The molecule has 1 atom stereocenters. The monoisotopic (exact) mass is 475 g/mol. The summed E-state index contributed by atoms with van der Waals surface area (Å²) in [5.41, 5.74) is 3.90. The first-order valence-corrected chi connectivity index (χ1v) is 11.4. The highest BCUT2D eigenvalue weighted by atomic mass is 35.5. The summed E-state index contributed by atoms with van der Waals surface area (Å²) < 4.78 is 0.924. The molecule has 164 valence electrons. The van der Waals surface area contributed by atoms with Gasteiger partial charge in [0.05, 0.1) is 21.8 Å². The molecule has 1 saturated heterocycles. The second kappa shape index (κ2) is 8.10. The zero-order chi connectivity index (χ0) is 23.3. The quantitative estimate of drug-likeness (QED) is 0.237. The van der Waals surface area contributed by atoms with Crippen LogP contribution in [0.3, 0.4) is 0 Å². The second-order valence-electron chi connectivity index (χ2n) is 7.88. The van der Waals surface area contributed by atoms with E-state index in [1.54, 1.807) is 36.4 Å². The maximum atomic E-state index is 13.3. The second-order valence-corrected chi connectivity index (χ2v) is 9.33. The third-order valence-corrected chi connectivity index (χ3v) is 6.86. The van der Waals surface area contributed by atoms with E-state index in [2.05, 4.69) is 4.98 Å². The van der Waals surface area contributed by atoms with Gasteiger partial charge in [0.15, 0.2) is 5.13 Å². The number of ketones is 1. The summed E-state index contributed by atoms with van der Waals surface area (Å²) in [6.45, 7) is 3.97. The minimum Gasteiger partial charge on any atom is -0.507 e. The van der Waals surface area contributed by atoms with Crippen LogP contribution in [0.2, 0.25) is 5.02 Å². The molecule has 1 N–H and O–H groups in total. The standard InChI is InChI=1S/C25H18ClN3O3S/c1-13-11-14(2)20-18(12-13)33-25(28-20)29-21(15-3-5-17(26)6-4-15)19(23(31)24(29)32)22(30)16-7-9-27-10-8-16/h3-12,21,30H,1-2H3. The van der Waals surface area contributed by atoms with E-state index in [-0.39, 0.29) is 11.3 Å². The summed E-state index contributed by atoms with van der Waals surface area (Å²) in [6.07, 6.45) is 3.03. The van der Waals surface area contributed by atoms with Gasteiger partial charge in [-0.2, -0.15) is 0 Å². The van der Waals surface area contributed by atoms with Crippen molar-refractivity contribution in [2.24, 2.45) is 0 Å². The van der Waals surface area contributed by atoms with Gasteiger partial charge in [-0.05, 0) is 60.9 Å². The number of fused-ring (bicyclic) bond motifs is 1. The van der Waals surface area contributed by atoms with Crippen LogP contribution in [-0.2, 0) is 9.59 Å². The molecule has 8 heteroatoms. The molecule has 0 spiro atoms. The third-order valence-electron chi connectivity index (χ3n) is 5.61. The van der Waals surface area contributed by atoms with Crippen molar-refractivity contribution in [1.29, 1.82) is 0 Å². The van der Waals surface area contributed by atoms with E-state index >= 15 is 0 Å². The fourth-order valence-electron chi connectivity index (χ4n) is 4.12. The molecule has 1 amide bonds. The van der Waals surface area contributed by atoms with Crippen LogP contribution in [0, 0.1) is 13.8 Å². The largest absolute Gasteiger partial charge is 0.507 e. The number of rotatable bonds is 3. The molecular weight excluding hydrogens is 458 g/mol. The smallest absolute Gasteiger partial charge is 0.301 e. The van der Waals surface area contributed by atoms with Gasteiger partial charge in [-0.25, -0.2) is 4.98 Å². The van der Waals surface area contributed by atoms with Gasteiger partial charge in [-0.1, -0.05) is 41.1 Å². The van der Waals surface area contributed by atoms with Crippen LogP contribution in [0.5, 0.6) is 0 Å². The maximum absolute atomic E-state index is 13.3. The minimum atomic E-state index is -0.850. The molecule has 0 bridgehead atoms. The molecule has 33 heavy (non-hydrogen) atoms. The number of aromatic nitrogens is 2. The normalized spacial score (nSPS) is 17.8. The number of Topliss-reactive ketones (excluding diaryl/α,β-unsaturated/α-hetero) is 1. The summed E-state index contributed by atoms with van der Waals surface area (Å²) in [6, 6.07) is 13.2. The number of amides is 1. The predicted octanol–water partition coefficient (Wildman–Crippen LogP) is 5.59. The molecule has 0 aliphatic carbocycles. The summed E-state index contributed by atoms with van der Waals surface area (Å²) in [5.74, 6) is -1.76. The first-order valence-electron chi connectivity index (χ1n) is 10.2. The van der Waals surface area contributed by atoms with Crippen molar-refractivity contribution in [3.63, 3.8) is 0 Å². The summed E-state index contributed by atoms with van der Waals surface area (Å²) in [7, 11) is 0. The predicted molar refractivity (Wildman–Crippen MR) is 130 cm³/mol. The Labute approximate surface area is 198 Å². The molecular formula is C25H18ClN3O3S. The van der Waals surface area contributed by atoms with Crippen LogP contribution >= 0.6 is 22.9 Å². The first-order chi connectivity index (χ1) is 15.8. The third kappa shape index (κ3) is 3.59. The molecule has 2 aromatic heterocycles. The summed E-state index contributed by atoms with van der Waals surface area (Å²) in [4.78, 5) is 36.5. The number of nitrogens with zero attached hydrogens (tertiary/aromatic N) is 3. The Kier molecular flexibility index (Phi) is 5.23. The molecule has 4 aromatic rings. The SMILES string of the molecule is Cc1cc(C)c2nc(N3C(=O)C(=O)C(=C(O)c4ccncc4)C3c3ccc(Cl)cc3)sc2c1. The van der Waals surface area contributed by atoms with Crippen LogP contribution in [0.15, 0.2) is 66.5 Å². The lowest BCUT2D eigenvalue weighted by Crippen LogP contribution is -2.29. The maximum Gasteiger partial charge on any atom is 0.301 e. The number of hydrogen-bond acceptors (Lipinski definition) is 6. The molecule has 2 aromatic carbocycles. The number of aliphatic hydroxyl groups excluding tert-OH is 1. The lowest BCUT2D eigenvalue weighted by molar-refractivity contribution is -0.132.